The highest BCUT2D eigenvalue weighted by molar-refractivity contribution is 7.20. The van der Waals surface area contributed by atoms with Gasteiger partial charge in [-0.25, -0.2) is 0 Å². The number of hydrogen-bond donors (Lipinski definition) is 2. The molecule has 0 radical (unpaired) electrons. The van der Waals surface area contributed by atoms with Gasteiger partial charge < -0.3 is 15.5 Å². The fourth-order valence-corrected chi connectivity index (χ4v) is 4.36. The van der Waals surface area contributed by atoms with Crippen LogP contribution < -0.4 is 5.73 Å². The van der Waals surface area contributed by atoms with E-state index in [1.165, 1.54) is 11.3 Å². The van der Waals surface area contributed by atoms with E-state index in [1.807, 2.05) is 35.2 Å². The van der Waals surface area contributed by atoms with E-state index in [-0.39, 0.29) is 17.6 Å². The Morgan fingerprint density at radius 1 is 0.857 bits per heavy atom. The molecular formula is C21H20N4O2S. The summed E-state index contributed by atoms with van der Waals surface area (Å²) >= 11 is 1.51. The SMILES string of the molecule is N=C(N)c1ccc(C(=O)N2CCN(C(=O)c3cc4ccccc4s3)CC2)cc1. The van der Waals surface area contributed by atoms with E-state index in [4.69, 9.17) is 11.1 Å². The monoisotopic (exact) mass is 392 g/mol. The van der Waals surface area contributed by atoms with Crippen LogP contribution in [0.2, 0.25) is 0 Å². The van der Waals surface area contributed by atoms with Gasteiger partial charge in [0.1, 0.15) is 5.84 Å². The van der Waals surface area contributed by atoms with Crippen LogP contribution in [0, 0.1) is 5.41 Å². The molecule has 0 aliphatic carbocycles. The molecule has 6 nitrogen and oxygen atoms in total. The maximum Gasteiger partial charge on any atom is 0.264 e. The Hall–Kier alpha value is -3.19. The van der Waals surface area contributed by atoms with Crippen molar-refractivity contribution in [2.24, 2.45) is 5.73 Å². The van der Waals surface area contributed by atoms with E-state index in [0.29, 0.717) is 37.3 Å². The lowest BCUT2D eigenvalue weighted by molar-refractivity contribution is 0.0538. The number of benzene rings is 2. The number of nitrogen functional groups attached to an aromatic ring is 1. The lowest BCUT2D eigenvalue weighted by Gasteiger charge is -2.34. The van der Waals surface area contributed by atoms with Crippen LogP contribution >= 0.6 is 11.3 Å². The molecule has 1 saturated heterocycles. The standard InChI is InChI=1S/C21H20N4O2S/c22-19(23)14-5-7-15(8-6-14)20(26)24-9-11-25(12-10-24)21(27)18-13-16-3-1-2-4-17(16)28-18/h1-8,13H,9-12H2,(H3,22,23). The predicted molar refractivity (Wildman–Crippen MR) is 111 cm³/mol. The van der Waals surface area contributed by atoms with Crippen LogP contribution in [-0.4, -0.2) is 53.6 Å². The van der Waals surface area contributed by atoms with Crippen LogP contribution in [-0.2, 0) is 0 Å². The minimum Gasteiger partial charge on any atom is -0.384 e. The third-order valence-corrected chi connectivity index (χ3v) is 6.04. The summed E-state index contributed by atoms with van der Waals surface area (Å²) in [6.45, 7) is 2.04. The molecule has 1 aliphatic rings. The molecule has 2 amide bonds. The van der Waals surface area contributed by atoms with Crippen molar-refractivity contribution in [3.8, 4) is 0 Å². The normalized spacial score (nSPS) is 14.3. The van der Waals surface area contributed by atoms with Crippen molar-refractivity contribution >= 4 is 39.1 Å². The number of carbonyl (C=O) groups is 2. The van der Waals surface area contributed by atoms with Crippen molar-refractivity contribution in [1.82, 2.24) is 9.80 Å². The lowest BCUT2D eigenvalue weighted by Crippen LogP contribution is -2.50. The number of amides is 2. The Bertz CT molecular complexity index is 1020. The minimum atomic E-state index is -0.0657. The van der Waals surface area contributed by atoms with Gasteiger partial charge in [0.2, 0.25) is 0 Å². The van der Waals surface area contributed by atoms with Crippen molar-refractivity contribution in [2.75, 3.05) is 26.2 Å². The number of carbonyl (C=O) groups excluding carboxylic acids is 2. The first-order valence-corrected chi connectivity index (χ1v) is 9.86. The van der Waals surface area contributed by atoms with Crippen molar-refractivity contribution in [2.45, 2.75) is 0 Å². The predicted octanol–water partition coefficient (Wildman–Crippen LogP) is 2.78. The van der Waals surface area contributed by atoms with Crippen molar-refractivity contribution < 1.29 is 9.59 Å². The molecule has 0 unspecified atom stereocenters. The summed E-state index contributed by atoms with van der Waals surface area (Å²) in [5, 5.41) is 8.51. The Kier molecular flexibility index (Phi) is 4.83. The summed E-state index contributed by atoms with van der Waals surface area (Å²) in [7, 11) is 0. The molecule has 0 atom stereocenters. The molecule has 142 valence electrons. The molecule has 4 rings (SSSR count). The van der Waals surface area contributed by atoms with Crippen LogP contribution in [0.1, 0.15) is 25.6 Å². The highest BCUT2D eigenvalue weighted by Gasteiger charge is 2.26. The molecule has 0 spiro atoms. The van der Waals surface area contributed by atoms with Crippen LogP contribution in [0.4, 0.5) is 0 Å². The number of amidine groups is 1. The molecule has 28 heavy (non-hydrogen) atoms. The van der Waals surface area contributed by atoms with Gasteiger partial charge in [-0.2, -0.15) is 0 Å². The first kappa shape index (κ1) is 18.2. The van der Waals surface area contributed by atoms with E-state index in [2.05, 4.69) is 0 Å². The third-order valence-electron chi connectivity index (χ3n) is 4.93. The number of piperazine rings is 1. The number of nitrogens with two attached hydrogens (primary N) is 1. The van der Waals surface area contributed by atoms with Gasteiger partial charge >= 0.3 is 0 Å². The molecule has 2 heterocycles. The van der Waals surface area contributed by atoms with E-state index in [1.54, 1.807) is 29.2 Å². The van der Waals surface area contributed by atoms with Gasteiger partial charge in [0.15, 0.2) is 0 Å². The quantitative estimate of drug-likeness (QED) is 0.530. The fraction of sp³-hybridized carbons (Fsp3) is 0.190. The molecule has 3 N–H and O–H groups in total. The summed E-state index contributed by atoms with van der Waals surface area (Å²) in [6.07, 6.45) is 0. The average molecular weight is 392 g/mol. The number of nitrogens with one attached hydrogen (secondary N) is 1. The maximum absolute atomic E-state index is 12.8. The van der Waals surface area contributed by atoms with E-state index < -0.39 is 0 Å². The Labute approximate surface area is 166 Å². The van der Waals surface area contributed by atoms with Crippen LogP contribution in [0.5, 0.6) is 0 Å². The van der Waals surface area contributed by atoms with Crippen molar-refractivity contribution in [3.63, 3.8) is 0 Å². The number of thiophene rings is 1. The highest BCUT2D eigenvalue weighted by Crippen LogP contribution is 2.26. The number of fused-ring (bicyclic) bond motifs is 1. The fourth-order valence-electron chi connectivity index (χ4n) is 3.33. The van der Waals surface area contributed by atoms with Gasteiger partial charge in [-0.05, 0) is 29.7 Å². The first-order valence-electron chi connectivity index (χ1n) is 9.04. The zero-order chi connectivity index (χ0) is 19.7. The second kappa shape index (κ2) is 7.44. The van der Waals surface area contributed by atoms with Crippen LogP contribution in [0.3, 0.4) is 0 Å². The zero-order valence-corrected chi connectivity index (χ0v) is 16.0. The summed E-state index contributed by atoms with van der Waals surface area (Å²) < 4.78 is 1.11. The summed E-state index contributed by atoms with van der Waals surface area (Å²) in [5.74, 6) is -0.0597. The van der Waals surface area contributed by atoms with Gasteiger partial charge in [0.05, 0.1) is 4.88 Å². The second-order valence-electron chi connectivity index (χ2n) is 6.72. The second-order valence-corrected chi connectivity index (χ2v) is 7.81. The highest BCUT2D eigenvalue weighted by atomic mass is 32.1. The van der Waals surface area contributed by atoms with Gasteiger partial charge in [0, 0.05) is 42.0 Å². The molecule has 1 aromatic heterocycles. The van der Waals surface area contributed by atoms with E-state index in [9.17, 15) is 9.59 Å². The van der Waals surface area contributed by atoms with Crippen LogP contribution in [0.25, 0.3) is 10.1 Å². The number of hydrogen-bond acceptors (Lipinski definition) is 4. The topological polar surface area (TPSA) is 90.5 Å². The Balaban J connectivity index is 1.40. The van der Waals surface area contributed by atoms with Gasteiger partial charge in [-0.15, -0.1) is 11.3 Å². The molecule has 0 saturated carbocycles. The molecule has 0 bridgehead atoms. The van der Waals surface area contributed by atoms with Crippen molar-refractivity contribution in [3.05, 3.63) is 70.6 Å². The summed E-state index contributed by atoms with van der Waals surface area (Å²) in [6, 6.07) is 16.6. The number of nitrogens with zero attached hydrogens (tertiary/aromatic N) is 2. The maximum atomic E-state index is 12.8. The Morgan fingerprint density at radius 3 is 2.04 bits per heavy atom. The average Bonchev–Trinajstić information content (AvgIpc) is 3.17. The zero-order valence-electron chi connectivity index (χ0n) is 15.2. The summed E-state index contributed by atoms with van der Waals surface area (Å²) in [5.41, 5.74) is 6.61. The summed E-state index contributed by atoms with van der Waals surface area (Å²) in [4.78, 5) is 29.8. The number of rotatable bonds is 3. The van der Waals surface area contributed by atoms with E-state index in [0.717, 1.165) is 15.0 Å². The van der Waals surface area contributed by atoms with Crippen LogP contribution in [0.15, 0.2) is 54.6 Å². The third kappa shape index (κ3) is 3.48. The van der Waals surface area contributed by atoms with Crippen molar-refractivity contribution in [1.29, 1.82) is 5.41 Å². The van der Waals surface area contributed by atoms with Gasteiger partial charge in [0.25, 0.3) is 11.8 Å². The lowest BCUT2D eigenvalue weighted by atomic mass is 10.1. The molecular weight excluding hydrogens is 372 g/mol. The molecule has 1 fully saturated rings. The first-order chi connectivity index (χ1) is 13.5. The van der Waals surface area contributed by atoms with E-state index >= 15 is 0 Å². The molecule has 2 aromatic carbocycles. The van der Waals surface area contributed by atoms with Gasteiger partial charge in [-0.3, -0.25) is 15.0 Å². The molecule has 3 aromatic rings. The molecule has 7 heteroatoms. The minimum absolute atomic E-state index is 0.0210. The smallest absolute Gasteiger partial charge is 0.264 e. The van der Waals surface area contributed by atoms with Gasteiger partial charge in [-0.1, -0.05) is 30.3 Å². The molecule has 1 aliphatic heterocycles. The largest absolute Gasteiger partial charge is 0.384 e. The Morgan fingerprint density at radius 2 is 1.43 bits per heavy atom.